The molecule has 0 aliphatic rings. The summed E-state index contributed by atoms with van der Waals surface area (Å²) in [5, 5.41) is 0. The van der Waals surface area contributed by atoms with Crippen molar-refractivity contribution < 1.29 is 17.6 Å². The lowest BCUT2D eigenvalue weighted by Gasteiger charge is -2.09. The quantitative estimate of drug-likeness (QED) is 0.672. The maximum absolute atomic E-state index is 14.0. The summed E-state index contributed by atoms with van der Waals surface area (Å²) < 4.78 is 54.3. The van der Waals surface area contributed by atoms with Crippen LogP contribution in [0.2, 0.25) is 0 Å². The fraction of sp³-hybridized carbons (Fsp3) is 0.250. The third kappa shape index (κ3) is 3.18. The Morgan fingerprint density at radius 1 is 0.800 bits per heavy atom. The van der Waals surface area contributed by atoms with Crippen molar-refractivity contribution in [3.8, 4) is 11.1 Å². The normalized spacial score (nSPS) is 10.8. The van der Waals surface area contributed by atoms with Crippen molar-refractivity contribution >= 4 is 0 Å². The summed E-state index contributed by atoms with van der Waals surface area (Å²) in [4.78, 5) is 0. The van der Waals surface area contributed by atoms with Crippen molar-refractivity contribution in [2.45, 2.75) is 26.2 Å². The van der Waals surface area contributed by atoms with Gasteiger partial charge in [0.1, 0.15) is 23.3 Å². The van der Waals surface area contributed by atoms with Crippen molar-refractivity contribution in [3.63, 3.8) is 0 Å². The summed E-state index contributed by atoms with van der Waals surface area (Å²) in [6.07, 6.45) is 2.31. The minimum absolute atomic E-state index is 0.139. The topological polar surface area (TPSA) is 0 Å². The van der Waals surface area contributed by atoms with Crippen molar-refractivity contribution in [3.05, 3.63) is 59.2 Å². The van der Waals surface area contributed by atoms with Gasteiger partial charge in [-0.2, -0.15) is 0 Å². The largest absolute Gasteiger partial charge is 0.207 e. The first-order chi connectivity index (χ1) is 9.51. The number of halogens is 4. The van der Waals surface area contributed by atoms with Crippen LogP contribution in [0.15, 0.2) is 30.3 Å². The van der Waals surface area contributed by atoms with Gasteiger partial charge in [0.25, 0.3) is 0 Å². The molecule has 20 heavy (non-hydrogen) atoms. The molecule has 0 N–H and O–H groups in total. The highest BCUT2D eigenvalue weighted by Gasteiger charge is 2.15. The van der Waals surface area contributed by atoms with E-state index in [1.165, 1.54) is 12.1 Å². The molecule has 0 saturated carbocycles. The molecule has 2 aromatic rings. The van der Waals surface area contributed by atoms with Crippen LogP contribution in [-0.2, 0) is 6.42 Å². The number of hydrogen-bond acceptors (Lipinski definition) is 0. The molecule has 106 valence electrons. The number of unbranched alkanes of at least 4 members (excludes halogenated alkanes) is 1. The molecule has 0 aromatic heterocycles. The predicted molar refractivity (Wildman–Crippen MR) is 70.3 cm³/mol. The second-order valence-corrected chi connectivity index (χ2v) is 4.70. The molecule has 0 fully saturated rings. The van der Waals surface area contributed by atoms with Crippen molar-refractivity contribution in [2.24, 2.45) is 0 Å². The number of hydrogen-bond donors (Lipinski definition) is 0. The molecule has 2 aromatic carbocycles. The molecule has 0 aliphatic heterocycles. The molecule has 4 heteroatoms. The zero-order valence-electron chi connectivity index (χ0n) is 11.0. The molecular weight excluding hydrogens is 268 g/mol. The Morgan fingerprint density at radius 2 is 1.35 bits per heavy atom. The average molecular weight is 282 g/mol. The van der Waals surface area contributed by atoms with Crippen LogP contribution in [0, 0.1) is 23.3 Å². The van der Waals surface area contributed by atoms with E-state index in [9.17, 15) is 17.6 Å². The first kappa shape index (κ1) is 14.6. The number of rotatable bonds is 4. The lowest BCUT2D eigenvalue weighted by molar-refractivity contribution is 0.576. The SMILES string of the molecule is CCCCc1cc(F)c(-c2cc(F)cc(F)c2)c(F)c1. The van der Waals surface area contributed by atoms with Gasteiger partial charge in [-0.3, -0.25) is 0 Å². The van der Waals surface area contributed by atoms with Crippen LogP contribution in [0.5, 0.6) is 0 Å². The Bertz CT molecular complexity index is 577. The molecule has 0 heterocycles. The van der Waals surface area contributed by atoms with E-state index < -0.39 is 28.8 Å². The van der Waals surface area contributed by atoms with Gasteiger partial charge in [0.05, 0.1) is 5.56 Å². The molecule has 0 amide bonds. The lowest BCUT2D eigenvalue weighted by Crippen LogP contribution is -1.96. The minimum atomic E-state index is -0.867. The van der Waals surface area contributed by atoms with Gasteiger partial charge in [-0.25, -0.2) is 17.6 Å². The molecule has 0 unspecified atom stereocenters. The highest BCUT2D eigenvalue weighted by atomic mass is 19.1. The van der Waals surface area contributed by atoms with Gasteiger partial charge in [-0.15, -0.1) is 0 Å². The predicted octanol–water partition coefficient (Wildman–Crippen LogP) is 5.25. The molecule has 2 rings (SSSR count). The monoisotopic (exact) mass is 282 g/mol. The van der Waals surface area contributed by atoms with Gasteiger partial charge in [0.2, 0.25) is 0 Å². The second-order valence-electron chi connectivity index (χ2n) is 4.70. The first-order valence-corrected chi connectivity index (χ1v) is 6.45. The zero-order chi connectivity index (χ0) is 14.7. The molecule has 0 saturated heterocycles. The molecule has 0 aliphatic carbocycles. The standard InChI is InChI=1S/C16H14F4/c1-2-3-4-10-5-14(19)16(15(20)6-10)11-7-12(17)9-13(18)8-11/h5-9H,2-4H2,1H3. The summed E-state index contributed by atoms with van der Waals surface area (Å²) in [6.45, 7) is 1.98. The fourth-order valence-corrected chi connectivity index (χ4v) is 2.12. The Morgan fingerprint density at radius 3 is 1.85 bits per heavy atom. The van der Waals surface area contributed by atoms with Gasteiger partial charge in [0, 0.05) is 6.07 Å². The van der Waals surface area contributed by atoms with Crippen LogP contribution in [0.3, 0.4) is 0 Å². The third-order valence-corrected chi connectivity index (χ3v) is 3.07. The third-order valence-electron chi connectivity index (χ3n) is 3.07. The molecule has 0 radical (unpaired) electrons. The van der Waals surface area contributed by atoms with Gasteiger partial charge in [-0.05, 0) is 48.2 Å². The lowest BCUT2D eigenvalue weighted by atomic mass is 10.00. The van der Waals surface area contributed by atoms with E-state index in [2.05, 4.69) is 0 Å². The van der Waals surface area contributed by atoms with E-state index in [-0.39, 0.29) is 5.56 Å². The van der Waals surface area contributed by atoms with E-state index in [4.69, 9.17) is 0 Å². The van der Waals surface area contributed by atoms with Crippen LogP contribution >= 0.6 is 0 Å². The minimum Gasteiger partial charge on any atom is -0.207 e. The van der Waals surface area contributed by atoms with Crippen molar-refractivity contribution in [1.29, 1.82) is 0 Å². The summed E-state index contributed by atoms with van der Waals surface area (Å²) >= 11 is 0. The van der Waals surface area contributed by atoms with Crippen molar-refractivity contribution in [1.82, 2.24) is 0 Å². The Hall–Kier alpha value is -1.84. The molecule has 0 nitrogen and oxygen atoms in total. The summed E-state index contributed by atoms with van der Waals surface area (Å²) in [5.74, 6) is -3.34. The van der Waals surface area contributed by atoms with Gasteiger partial charge in [0.15, 0.2) is 0 Å². The average Bonchev–Trinajstić information content (AvgIpc) is 2.34. The van der Waals surface area contributed by atoms with E-state index in [1.807, 2.05) is 6.92 Å². The zero-order valence-corrected chi connectivity index (χ0v) is 11.0. The molecular formula is C16H14F4. The molecule has 0 atom stereocenters. The smallest absolute Gasteiger partial charge is 0.134 e. The van der Waals surface area contributed by atoms with E-state index in [0.29, 0.717) is 18.1 Å². The number of benzene rings is 2. The van der Waals surface area contributed by atoms with Crippen LogP contribution in [0.1, 0.15) is 25.3 Å². The molecule has 0 bridgehead atoms. The fourth-order valence-electron chi connectivity index (χ4n) is 2.12. The Labute approximate surface area is 115 Å². The van der Waals surface area contributed by atoms with Crippen LogP contribution in [-0.4, -0.2) is 0 Å². The second kappa shape index (κ2) is 6.07. The van der Waals surface area contributed by atoms with Crippen LogP contribution in [0.4, 0.5) is 17.6 Å². The summed E-state index contributed by atoms with van der Waals surface area (Å²) in [7, 11) is 0. The Kier molecular flexibility index (Phi) is 4.42. The van der Waals surface area contributed by atoms with Gasteiger partial charge >= 0.3 is 0 Å². The van der Waals surface area contributed by atoms with Gasteiger partial charge in [-0.1, -0.05) is 13.3 Å². The highest BCUT2D eigenvalue weighted by Crippen LogP contribution is 2.29. The summed E-state index contributed by atoms with van der Waals surface area (Å²) in [5.41, 5.74) is 0.00525. The number of aryl methyl sites for hydroxylation is 1. The van der Waals surface area contributed by atoms with Gasteiger partial charge < -0.3 is 0 Å². The van der Waals surface area contributed by atoms with E-state index in [0.717, 1.165) is 25.0 Å². The van der Waals surface area contributed by atoms with E-state index in [1.54, 1.807) is 0 Å². The molecule has 0 spiro atoms. The van der Waals surface area contributed by atoms with Crippen LogP contribution < -0.4 is 0 Å². The highest BCUT2D eigenvalue weighted by molar-refractivity contribution is 5.65. The van der Waals surface area contributed by atoms with E-state index >= 15 is 0 Å². The van der Waals surface area contributed by atoms with Crippen molar-refractivity contribution in [2.75, 3.05) is 0 Å². The van der Waals surface area contributed by atoms with Crippen LogP contribution in [0.25, 0.3) is 11.1 Å². The first-order valence-electron chi connectivity index (χ1n) is 6.45. The maximum Gasteiger partial charge on any atom is 0.134 e. The maximum atomic E-state index is 14.0. The Balaban J connectivity index is 2.46. The summed E-state index contributed by atoms with van der Waals surface area (Å²) in [6, 6.07) is 4.93.